The van der Waals surface area contributed by atoms with E-state index in [2.05, 4.69) is 15.0 Å². The van der Waals surface area contributed by atoms with Crippen LogP contribution in [0.2, 0.25) is 0 Å². The van der Waals surface area contributed by atoms with Crippen molar-refractivity contribution in [2.45, 2.75) is 35.8 Å². The van der Waals surface area contributed by atoms with Crippen molar-refractivity contribution in [1.29, 1.82) is 0 Å². The minimum atomic E-state index is -3.46. The fourth-order valence-electron chi connectivity index (χ4n) is 2.19. The number of rotatable bonds is 7. The van der Waals surface area contributed by atoms with Gasteiger partial charge in [-0.05, 0) is 32.1 Å². The first-order valence-electron chi connectivity index (χ1n) is 6.76. The second-order valence-corrected chi connectivity index (χ2v) is 8.01. The molecule has 1 aromatic heterocycles. The van der Waals surface area contributed by atoms with Crippen LogP contribution in [0.5, 0.6) is 0 Å². The van der Waals surface area contributed by atoms with Gasteiger partial charge in [-0.2, -0.15) is 11.8 Å². The predicted molar refractivity (Wildman–Crippen MR) is 83.7 cm³/mol. The molecule has 1 aliphatic carbocycles. The summed E-state index contributed by atoms with van der Waals surface area (Å²) in [5, 5.41) is 3.02. The average Bonchev–Trinajstić information content (AvgIpc) is 2.39. The first-order chi connectivity index (χ1) is 9.51. The standard InChI is InChI=1S/C13H21N3O2S2/c1-3-14-12-9-11(5-8-15-12)20(17,18)16-10-13(19-2)6-4-7-13/h5,8-9,16H,3-4,6-7,10H2,1-2H3,(H,14,15). The van der Waals surface area contributed by atoms with Gasteiger partial charge in [-0.1, -0.05) is 6.42 Å². The Kier molecular flexibility index (Phi) is 4.93. The fourth-order valence-corrected chi connectivity index (χ4v) is 4.33. The van der Waals surface area contributed by atoms with Gasteiger partial charge in [0.25, 0.3) is 0 Å². The summed E-state index contributed by atoms with van der Waals surface area (Å²) in [6, 6.07) is 3.09. The van der Waals surface area contributed by atoms with Gasteiger partial charge in [0.05, 0.1) is 4.90 Å². The topological polar surface area (TPSA) is 71.1 Å². The zero-order chi connectivity index (χ0) is 14.6. The fraction of sp³-hybridized carbons (Fsp3) is 0.615. The molecule has 0 aromatic carbocycles. The summed E-state index contributed by atoms with van der Waals surface area (Å²) in [6.45, 7) is 3.15. The Balaban J connectivity index is 2.08. The van der Waals surface area contributed by atoms with E-state index in [1.165, 1.54) is 18.7 Å². The van der Waals surface area contributed by atoms with E-state index in [0.717, 1.165) is 12.8 Å². The lowest BCUT2D eigenvalue weighted by molar-refractivity contribution is 0.362. The zero-order valence-corrected chi connectivity index (χ0v) is 13.5. The number of nitrogens with one attached hydrogen (secondary N) is 2. The van der Waals surface area contributed by atoms with E-state index in [9.17, 15) is 8.42 Å². The molecular formula is C13H21N3O2S2. The van der Waals surface area contributed by atoms with Gasteiger partial charge in [0.2, 0.25) is 10.0 Å². The van der Waals surface area contributed by atoms with Crippen molar-refractivity contribution in [3.63, 3.8) is 0 Å². The Labute approximate surface area is 125 Å². The van der Waals surface area contributed by atoms with Gasteiger partial charge < -0.3 is 5.32 Å². The van der Waals surface area contributed by atoms with E-state index in [-0.39, 0.29) is 9.64 Å². The molecular weight excluding hydrogens is 294 g/mol. The van der Waals surface area contributed by atoms with Crippen molar-refractivity contribution in [3.05, 3.63) is 18.3 Å². The minimum absolute atomic E-state index is 0.0879. The van der Waals surface area contributed by atoms with Crippen molar-refractivity contribution in [2.75, 3.05) is 24.7 Å². The average molecular weight is 315 g/mol. The van der Waals surface area contributed by atoms with Crippen molar-refractivity contribution in [2.24, 2.45) is 0 Å². The molecule has 1 aliphatic rings. The lowest BCUT2D eigenvalue weighted by atomic mass is 9.84. The molecule has 0 amide bonds. The van der Waals surface area contributed by atoms with Gasteiger partial charge in [0, 0.05) is 30.1 Å². The summed E-state index contributed by atoms with van der Waals surface area (Å²) in [5.41, 5.74) is 0. The zero-order valence-electron chi connectivity index (χ0n) is 11.8. The van der Waals surface area contributed by atoms with E-state index in [1.807, 2.05) is 13.2 Å². The predicted octanol–water partition coefficient (Wildman–Crippen LogP) is 2.08. The van der Waals surface area contributed by atoms with Crippen LogP contribution >= 0.6 is 11.8 Å². The maximum atomic E-state index is 12.3. The number of sulfonamides is 1. The summed E-state index contributed by atoms with van der Waals surface area (Å²) in [5.74, 6) is 0.582. The Morgan fingerprint density at radius 2 is 2.20 bits per heavy atom. The normalized spacial score (nSPS) is 17.5. The summed E-state index contributed by atoms with van der Waals surface area (Å²) < 4.78 is 27.5. The highest BCUT2D eigenvalue weighted by atomic mass is 32.2. The second kappa shape index (κ2) is 6.32. The molecule has 0 atom stereocenters. The lowest BCUT2D eigenvalue weighted by Gasteiger charge is -2.40. The van der Waals surface area contributed by atoms with E-state index >= 15 is 0 Å². The Hall–Kier alpha value is -0.790. The highest BCUT2D eigenvalue weighted by Gasteiger charge is 2.37. The van der Waals surface area contributed by atoms with Gasteiger partial charge >= 0.3 is 0 Å². The van der Waals surface area contributed by atoms with Crippen LogP contribution in [0.25, 0.3) is 0 Å². The summed E-state index contributed by atoms with van der Waals surface area (Å²) in [6.07, 6.45) is 6.90. The van der Waals surface area contributed by atoms with Gasteiger partial charge in [0.15, 0.2) is 0 Å². The highest BCUT2D eigenvalue weighted by molar-refractivity contribution is 8.00. The molecule has 0 aliphatic heterocycles. The molecule has 20 heavy (non-hydrogen) atoms. The van der Waals surface area contributed by atoms with Crippen LogP contribution < -0.4 is 10.0 Å². The van der Waals surface area contributed by atoms with Gasteiger partial charge in [-0.3, -0.25) is 0 Å². The molecule has 7 heteroatoms. The van der Waals surface area contributed by atoms with Crippen LogP contribution in [-0.4, -0.2) is 37.5 Å². The molecule has 0 radical (unpaired) electrons. The van der Waals surface area contributed by atoms with Gasteiger partial charge in [-0.25, -0.2) is 18.1 Å². The molecule has 1 saturated carbocycles. The van der Waals surface area contributed by atoms with Crippen LogP contribution in [0.15, 0.2) is 23.2 Å². The maximum absolute atomic E-state index is 12.3. The lowest BCUT2D eigenvalue weighted by Crippen LogP contribution is -2.45. The van der Waals surface area contributed by atoms with Crippen LogP contribution in [0.3, 0.4) is 0 Å². The molecule has 0 bridgehead atoms. The van der Waals surface area contributed by atoms with Crippen molar-refractivity contribution >= 4 is 27.6 Å². The monoisotopic (exact) mass is 315 g/mol. The quantitative estimate of drug-likeness (QED) is 0.806. The Morgan fingerprint density at radius 1 is 1.45 bits per heavy atom. The van der Waals surface area contributed by atoms with E-state index in [1.54, 1.807) is 17.8 Å². The van der Waals surface area contributed by atoms with Crippen LogP contribution in [0.1, 0.15) is 26.2 Å². The Morgan fingerprint density at radius 3 is 2.75 bits per heavy atom. The second-order valence-electron chi connectivity index (χ2n) is 4.97. The molecule has 0 unspecified atom stereocenters. The number of hydrogen-bond donors (Lipinski definition) is 2. The summed E-state index contributed by atoms with van der Waals surface area (Å²) in [4.78, 5) is 4.35. The molecule has 112 valence electrons. The van der Waals surface area contributed by atoms with E-state index < -0.39 is 10.0 Å². The molecule has 1 heterocycles. The van der Waals surface area contributed by atoms with Crippen molar-refractivity contribution < 1.29 is 8.42 Å². The van der Waals surface area contributed by atoms with E-state index in [4.69, 9.17) is 0 Å². The number of thioether (sulfide) groups is 1. The third kappa shape index (κ3) is 3.45. The van der Waals surface area contributed by atoms with Crippen molar-refractivity contribution in [3.8, 4) is 0 Å². The first kappa shape index (κ1) is 15.6. The third-order valence-electron chi connectivity index (χ3n) is 3.68. The summed E-state index contributed by atoms with van der Waals surface area (Å²) in [7, 11) is -3.46. The number of hydrogen-bond acceptors (Lipinski definition) is 5. The third-order valence-corrected chi connectivity index (χ3v) is 6.50. The molecule has 0 spiro atoms. The Bertz CT molecular complexity index is 551. The minimum Gasteiger partial charge on any atom is -0.370 e. The highest BCUT2D eigenvalue weighted by Crippen LogP contribution is 2.42. The number of nitrogens with zero attached hydrogens (tertiary/aromatic N) is 1. The molecule has 0 saturated heterocycles. The number of anilines is 1. The SMILES string of the molecule is CCNc1cc(S(=O)(=O)NCC2(SC)CCC2)ccn1. The maximum Gasteiger partial charge on any atom is 0.240 e. The smallest absolute Gasteiger partial charge is 0.240 e. The molecule has 1 fully saturated rings. The summed E-state index contributed by atoms with van der Waals surface area (Å²) >= 11 is 1.75. The largest absolute Gasteiger partial charge is 0.370 e. The van der Waals surface area contributed by atoms with Gasteiger partial charge in [0.1, 0.15) is 5.82 Å². The molecule has 2 rings (SSSR count). The molecule has 5 nitrogen and oxygen atoms in total. The number of aromatic nitrogens is 1. The van der Waals surface area contributed by atoms with E-state index in [0.29, 0.717) is 18.9 Å². The van der Waals surface area contributed by atoms with Crippen LogP contribution in [0, 0.1) is 0 Å². The number of pyridine rings is 1. The first-order valence-corrected chi connectivity index (χ1v) is 9.47. The molecule has 1 aromatic rings. The van der Waals surface area contributed by atoms with Crippen LogP contribution in [0.4, 0.5) is 5.82 Å². The van der Waals surface area contributed by atoms with Gasteiger partial charge in [-0.15, -0.1) is 0 Å². The molecule has 2 N–H and O–H groups in total. The van der Waals surface area contributed by atoms with Crippen LogP contribution in [-0.2, 0) is 10.0 Å². The van der Waals surface area contributed by atoms with Crippen molar-refractivity contribution in [1.82, 2.24) is 9.71 Å².